The fraction of sp³-hybridized carbons (Fsp3) is 0.184. The quantitative estimate of drug-likeness (QED) is 0.0514. The maximum Gasteiger partial charge on any atom is -0.0134 e. The van der Waals surface area contributed by atoms with Gasteiger partial charge in [0, 0.05) is 28.9 Å². The number of pyridine rings is 6. The van der Waals surface area contributed by atoms with Crippen LogP contribution in [0.2, 0.25) is 28.5 Å². The Morgan fingerprint density at radius 2 is 0.703 bits per heavy atom. The second kappa shape index (κ2) is 40.6. The zero-order chi connectivity index (χ0) is 64.5. The third-order valence-electron chi connectivity index (χ3n) is 14.7. The molecule has 0 atom stereocenters. The number of halogens is 5. The first-order chi connectivity index (χ1) is 44.5. The van der Waals surface area contributed by atoms with Crippen molar-refractivity contribution in [1.29, 1.82) is 0 Å². The van der Waals surface area contributed by atoms with Gasteiger partial charge in [-0.15, -0.1) is 0 Å². The standard InChI is InChI=1S/2C18H15P.C14H10ClN3.C8H4Cl2N2.C6H6N.3C4H9.2ClH.Pd.Sn/c2*1-4-10-16(11-5-1)19(17-12-6-2-7-13-17)18-14-8-3-9-15-18;1-9-4-2-6-12(17-9)13-8-11(15)10-5-3-7-16-14(10)18-13;9-6-4-7(10)12-8-5(6)2-1-3-11-8;1-6-4-2-3-5-7-6;3*1-3-4-2;;;;/h2*1-15H;2-8H,1H3;1-4H;2-4H,1H3;3*1,3-4H2,2H3;2*1H;;/q;;;;;;;;;;+2;/p-2. The Kier molecular flexibility index (Phi) is 32.5. The van der Waals surface area contributed by atoms with Gasteiger partial charge in [0.25, 0.3) is 0 Å². The van der Waals surface area contributed by atoms with Gasteiger partial charge in [-0.1, -0.05) is 223 Å². The van der Waals surface area contributed by atoms with Crippen LogP contribution in [0, 0.1) is 13.8 Å². The van der Waals surface area contributed by atoms with E-state index in [1.165, 1.54) is 89.4 Å². The molecule has 0 aliphatic rings. The average Bonchev–Trinajstić information content (AvgIpc) is 1.23. The third-order valence-corrected chi connectivity index (χ3v) is 35.6. The van der Waals surface area contributed by atoms with E-state index in [0.717, 1.165) is 27.9 Å². The predicted octanol–water partition coefficient (Wildman–Crippen LogP) is 20.3. The van der Waals surface area contributed by atoms with Gasteiger partial charge in [-0.25, -0.2) is 19.9 Å². The minimum absolute atomic E-state index is 0.106. The minimum Gasteiger partial charge on any atom is -0.0622 e. The second-order valence-corrected chi connectivity index (χ2v) is 42.4. The van der Waals surface area contributed by atoms with E-state index >= 15 is 0 Å². The smallest absolute Gasteiger partial charge is 0.0134 e. The summed E-state index contributed by atoms with van der Waals surface area (Å²) in [6, 6.07) is 88.1. The van der Waals surface area contributed by atoms with Crippen molar-refractivity contribution >= 4 is 146 Å². The summed E-state index contributed by atoms with van der Waals surface area (Å²) in [6.07, 6.45) is 11.6. The van der Waals surface area contributed by atoms with Crippen molar-refractivity contribution in [3.05, 3.63) is 294 Å². The molecule has 12 rings (SSSR count). The van der Waals surface area contributed by atoms with E-state index in [9.17, 15) is 0 Å². The molecule has 0 unspecified atom stereocenters. The van der Waals surface area contributed by atoms with Crippen LogP contribution < -0.4 is 35.5 Å². The van der Waals surface area contributed by atoms with Crippen molar-refractivity contribution in [2.75, 3.05) is 0 Å². The van der Waals surface area contributed by atoms with Crippen molar-refractivity contribution in [1.82, 2.24) is 29.9 Å². The van der Waals surface area contributed by atoms with Crippen molar-refractivity contribution < 1.29 is 15.9 Å². The Balaban J connectivity index is 0.000000161. The van der Waals surface area contributed by atoms with Crippen LogP contribution in [-0.2, 0) is 15.9 Å². The molecule has 6 heterocycles. The van der Waals surface area contributed by atoms with Crippen LogP contribution in [-0.4, -0.2) is 48.3 Å². The predicted molar refractivity (Wildman–Crippen MR) is 398 cm³/mol. The molecule has 91 heavy (non-hydrogen) atoms. The van der Waals surface area contributed by atoms with Gasteiger partial charge in [-0.2, -0.15) is 0 Å². The summed E-state index contributed by atoms with van der Waals surface area (Å²) in [4.78, 5) is 26.2. The molecule has 0 N–H and O–H groups in total. The molecule has 0 aliphatic carbocycles. The van der Waals surface area contributed by atoms with Gasteiger partial charge in [0.1, 0.15) is 5.15 Å². The molecule has 0 saturated heterocycles. The van der Waals surface area contributed by atoms with Crippen LogP contribution in [0.3, 0.4) is 0 Å². The summed E-state index contributed by atoms with van der Waals surface area (Å²) in [7, 11) is 8.74. The first-order valence-corrected chi connectivity index (χ1v) is 45.9. The molecule has 0 spiro atoms. The van der Waals surface area contributed by atoms with Gasteiger partial charge in [0.15, 0.2) is 11.3 Å². The number of nitrogens with zero attached hydrogens (tertiary/aromatic N) is 6. The molecular weight excluding hydrogens is 1460 g/mol. The number of aromatic nitrogens is 6. The third kappa shape index (κ3) is 23.2. The molecule has 6 nitrogen and oxygen atoms in total. The summed E-state index contributed by atoms with van der Waals surface area (Å²) in [5, 5.41) is 11.7. The minimum atomic E-state index is -2.25. The van der Waals surface area contributed by atoms with Crippen molar-refractivity contribution in [3.63, 3.8) is 0 Å². The maximum atomic E-state index is 6.24. The first kappa shape index (κ1) is 72.9. The molecule has 0 amide bonds. The van der Waals surface area contributed by atoms with E-state index in [4.69, 9.17) is 58.8 Å². The van der Waals surface area contributed by atoms with E-state index in [1.807, 2.05) is 55.5 Å². The summed E-state index contributed by atoms with van der Waals surface area (Å²) in [5.41, 5.74) is 4.94. The average molecular weight is 1540 g/mol. The zero-order valence-corrected chi connectivity index (χ0v) is 62.0. The van der Waals surface area contributed by atoms with E-state index in [1.54, 1.807) is 22.2 Å². The van der Waals surface area contributed by atoms with Crippen LogP contribution in [0.4, 0.5) is 0 Å². The summed E-state index contributed by atoms with van der Waals surface area (Å²) in [5.74, 6) is 0. The fourth-order valence-corrected chi connectivity index (χ4v) is 31.3. The number of benzene rings is 6. The largest absolute Gasteiger partial charge is 0.0622 e. The summed E-state index contributed by atoms with van der Waals surface area (Å²) < 4.78 is 6.11. The molecule has 6 aromatic heterocycles. The van der Waals surface area contributed by atoms with Gasteiger partial charge in [-0.3, -0.25) is 4.98 Å². The number of fused-ring (bicyclic) bond motifs is 2. The number of rotatable bonds is 17. The Morgan fingerprint density at radius 3 is 1.05 bits per heavy atom. The SMILES string of the molecule is CCC[CH2][Sn]([CH2]CCC)([CH2]CCC)[c]1cccc(C)n1.Cc1cccc(-c2cc(Cl)c3cccnc3n2)n1.Clc1cc(Cl)c2cccnc2n1.[Cl][Pd][Cl].c1ccc(P(c2ccccc2)c2ccccc2)cc1.c1ccc(P(c2ccccc2)c2ccccc2)cc1. The summed E-state index contributed by atoms with van der Waals surface area (Å²) >= 11 is 15.5. The monoisotopic (exact) mass is 1540 g/mol. The molecular formula is C76H77Cl5N6P2PdSn. The van der Waals surface area contributed by atoms with Crippen molar-refractivity contribution in [3.8, 4) is 11.4 Å². The van der Waals surface area contributed by atoms with Gasteiger partial charge in [0.05, 0.1) is 21.4 Å². The molecule has 12 aromatic rings. The molecule has 470 valence electrons. The molecule has 15 heteroatoms. The molecule has 6 aromatic carbocycles. The fourth-order valence-electron chi connectivity index (χ4n) is 10.3. The Hall–Kier alpha value is -5.49. The van der Waals surface area contributed by atoms with Crippen molar-refractivity contribution in [2.45, 2.75) is 86.5 Å². The number of unbranched alkanes of at least 4 members (excludes halogenated alkanes) is 3. The van der Waals surface area contributed by atoms with E-state index < -0.39 is 34.2 Å². The van der Waals surface area contributed by atoms with Gasteiger partial charge < -0.3 is 0 Å². The Bertz CT molecular complexity index is 3680. The van der Waals surface area contributed by atoms with Crippen LogP contribution in [0.5, 0.6) is 0 Å². The van der Waals surface area contributed by atoms with Crippen LogP contribution in [0.1, 0.15) is 70.7 Å². The molecule has 0 aliphatic heterocycles. The second-order valence-electron chi connectivity index (χ2n) is 21.3. The molecule has 0 fully saturated rings. The number of hydrogen-bond acceptors (Lipinski definition) is 6. The molecule has 0 radical (unpaired) electrons. The van der Waals surface area contributed by atoms with Crippen LogP contribution in [0.25, 0.3) is 33.5 Å². The Labute approximate surface area is 577 Å². The molecule has 0 bridgehead atoms. The number of hydrogen-bond donors (Lipinski definition) is 0. The maximum absolute atomic E-state index is 6.24. The van der Waals surface area contributed by atoms with Crippen molar-refractivity contribution in [2.24, 2.45) is 0 Å². The topological polar surface area (TPSA) is 77.3 Å². The first-order valence-electron chi connectivity index (χ1n) is 30.6. The summed E-state index contributed by atoms with van der Waals surface area (Å²) in [6.45, 7) is 11.1. The molecule has 0 saturated carbocycles. The van der Waals surface area contributed by atoms with Crippen LogP contribution >= 0.6 is 69.7 Å². The van der Waals surface area contributed by atoms with E-state index in [0.29, 0.717) is 26.5 Å². The van der Waals surface area contributed by atoms with E-state index in [2.05, 4.69) is 253 Å². The van der Waals surface area contributed by atoms with E-state index in [-0.39, 0.29) is 15.9 Å². The number of aryl methyl sites for hydroxylation is 2. The van der Waals surface area contributed by atoms with Gasteiger partial charge in [0.2, 0.25) is 0 Å². The van der Waals surface area contributed by atoms with Gasteiger partial charge in [-0.05, 0) is 103 Å². The van der Waals surface area contributed by atoms with Gasteiger partial charge >= 0.3 is 165 Å². The normalized spacial score (nSPS) is 10.8. The van der Waals surface area contributed by atoms with Crippen LogP contribution in [0.15, 0.2) is 267 Å². The zero-order valence-electron chi connectivity index (χ0n) is 52.1. The Morgan fingerprint density at radius 1 is 0.363 bits per heavy atom.